The molecular weight excluding hydrogens is 236 g/mol. The van der Waals surface area contributed by atoms with Crippen molar-refractivity contribution in [1.29, 1.82) is 0 Å². The van der Waals surface area contributed by atoms with Gasteiger partial charge in [0, 0.05) is 32.6 Å². The summed E-state index contributed by atoms with van der Waals surface area (Å²) in [6.07, 6.45) is 0.489. The summed E-state index contributed by atoms with van der Waals surface area (Å²) in [5.41, 5.74) is 0. The lowest BCUT2D eigenvalue weighted by molar-refractivity contribution is -0.145. The first kappa shape index (κ1) is 13.1. The largest absolute Gasteiger partial charge is 0.461 e. The van der Waals surface area contributed by atoms with Crippen molar-refractivity contribution < 1.29 is 19.1 Å². The van der Waals surface area contributed by atoms with Crippen molar-refractivity contribution in [3.8, 4) is 0 Å². The van der Waals surface area contributed by atoms with E-state index in [1.807, 2.05) is 6.92 Å². The van der Waals surface area contributed by atoms with E-state index in [1.165, 1.54) is 0 Å². The molecule has 2 aliphatic rings. The van der Waals surface area contributed by atoms with Crippen molar-refractivity contribution in [1.82, 2.24) is 9.80 Å². The Morgan fingerprint density at radius 3 is 2.56 bits per heavy atom. The Morgan fingerprint density at radius 2 is 2.06 bits per heavy atom. The first-order valence-electron chi connectivity index (χ1n) is 6.48. The van der Waals surface area contributed by atoms with Gasteiger partial charge in [-0.1, -0.05) is 0 Å². The molecule has 2 aliphatic heterocycles. The molecule has 2 unspecified atom stereocenters. The normalized spacial score (nSPS) is 29.2. The highest BCUT2D eigenvalue weighted by molar-refractivity contribution is 5.78. The summed E-state index contributed by atoms with van der Waals surface area (Å²) in [4.78, 5) is 27.0. The average molecular weight is 256 g/mol. The van der Waals surface area contributed by atoms with Crippen LogP contribution in [0.15, 0.2) is 0 Å². The van der Waals surface area contributed by atoms with Crippen LogP contribution in [0.3, 0.4) is 0 Å². The lowest BCUT2D eigenvalue weighted by atomic mass is 10.1. The Kier molecular flexibility index (Phi) is 4.06. The van der Waals surface area contributed by atoms with E-state index in [9.17, 15) is 9.59 Å². The molecule has 2 atom stereocenters. The van der Waals surface area contributed by atoms with Gasteiger partial charge in [0.1, 0.15) is 12.1 Å². The molecule has 0 bridgehead atoms. The zero-order chi connectivity index (χ0) is 13.1. The van der Waals surface area contributed by atoms with Crippen LogP contribution < -0.4 is 0 Å². The maximum absolute atomic E-state index is 11.6. The highest BCUT2D eigenvalue weighted by atomic mass is 16.6. The molecule has 0 saturated carbocycles. The van der Waals surface area contributed by atoms with Gasteiger partial charge in [-0.25, -0.2) is 4.79 Å². The zero-order valence-electron chi connectivity index (χ0n) is 10.9. The minimum Gasteiger partial charge on any atom is -0.461 e. The summed E-state index contributed by atoms with van der Waals surface area (Å²) in [6.45, 7) is 6.72. The lowest BCUT2D eigenvalue weighted by Crippen LogP contribution is -2.53. The van der Waals surface area contributed by atoms with Gasteiger partial charge in [-0.3, -0.25) is 9.69 Å². The van der Waals surface area contributed by atoms with E-state index in [1.54, 1.807) is 11.8 Å². The van der Waals surface area contributed by atoms with Gasteiger partial charge in [-0.15, -0.1) is 0 Å². The highest BCUT2D eigenvalue weighted by Crippen LogP contribution is 2.21. The Morgan fingerprint density at radius 1 is 1.39 bits per heavy atom. The molecule has 102 valence electrons. The first-order valence-corrected chi connectivity index (χ1v) is 6.48. The predicted molar refractivity (Wildman–Crippen MR) is 64.1 cm³/mol. The monoisotopic (exact) mass is 256 g/mol. The second-order valence-electron chi connectivity index (χ2n) is 4.72. The molecule has 0 aromatic carbocycles. The van der Waals surface area contributed by atoms with Crippen LogP contribution in [0, 0.1) is 0 Å². The average Bonchev–Trinajstić information content (AvgIpc) is 2.69. The standard InChI is InChI=1S/C12H20N2O4/c1-3-17-12(16)14-6-4-13(5-7-14)10-8-9(2)18-11(10)15/h9-10H,3-8H2,1-2H3. The van der Waals surface area contributed by atoms with Crippen molar-refractivity contribution in [2.75, 3.05) is 32.8 Å². The topological polar surface area (TPSA) is 59.1 Å². The third-order valence-electron chi connectivity index (χ3n) is 3.43. The maximum Gasteiger partial charge on any atom is 0.409 e. The fraction of sp³-hybridized carbons (Fsp3) is 0.833. The molecule has 2 fully saturated rings. The lowest BCUT2D eigenvalue weighted by Gasteiger charge is -2.35. The summed E-state index contributed by atoms with van der Waals surface area (Å²) in [5.74, 6) is -0.132. The van der Waals surface area contributed by atoms with Crippen LogP contribution in [0.1, 0.15) is 20.3 Å². The summed E-state index contributed by atoms with van der Waals surface area (Å²) in [5, 5.41) is 0. The molecule has 6 nitrogen and oxygen atoms in total. The Hall–Kier alpha value is -1.30. The molecule has 2 heterocycles. The number of esters is 1. The third-order valence-corrected chi connectivity index (χ3v) is 3.43. The van der Waals surface area contributed by atoms with E-state index in [4.69, 9.17) is 9.47 Å². The molecule has 1 amide bonds. The van der Waals surface area contributed by atoms with E-state index in [0.717, 1.165) is 6.42 Å². The number of cyclic esters (lactones) is 1. The molecule has 0 radical (unpaired) electrons. The van der Waals surface area contributed by atoms with Gasteiger partial charge in [0.2, 0.25) is 0 Å². The van der Waals surface area contributed by atoms with Gasteiger partial charge in [0.15, 0.2) is 0 Å². The van der Waals surface area contributed by atoms with Crippen LogP contribution in [0.25, 0.3) is 0 Å². The molecule has 0 aromatic rings. The molecule has 6 heteroatoms. The Bertz CT molecular complexity index is 326. The predicted octanol–water partition coefficient (Wildman–Crippen LogP) is 0.464. The Labute approximate surface area is 107 Å². The number of hydrogen-bond donors (Lipinski definition) is 0. The maximum atomic E-state index is 11.6. The van der Waals surface area contributed by atoms with Crippen LogP contribution in [0.4, 0.5) is 4.79 Å². The Balaban J connectivity index is 1.83. The number of piperazine rings is 1. The van der Waals surface area contributed by atoms with Crippen LogP contribution in [0.2, 0.25) is 0 Å². The van der Waals surface area contributed by atoms with E-state index in [-0.39, 0.29) is 24.2 Å². The molecule has 0 N–H and O–H groups in total. The number of hydrogen-bond acceptors (Lipinski definition) is 5. The van der Waals surface area contributed by atoms with Gasteiger partial charge in [0.25, 0.3) is 0 Å². The van der Waals surface area contributed by atoms with E-state index >= 15 is 0 Å². The van der Waals surface area contributed by atoms with Crippen LogP contribution in [-0.2, 0) is 14.3 Å². The number of rotatable bonds is 2. The van der Waals surface area contributed by atoms with Crippen molar-refractivity contribution >= 4 is 12.1 Å². The van der Waals surface area contributed by atoms with Gasteiger partial charge < -0.3 is 14.4 Å². The van der Waals surface area contributed by atoms with Crippen LogP contribution >= 0.6 is 0 Å². The molecule has 18 heavy (non-hydrogen) atoms. The molecule has 0 aliphatic carbocycles. The SMILES string of the molecule is CCOC(=O)N1CCN(C2CC(C)OC2=O)CC1. The van der Waals surface area contributed by atoms with E-state index in [0.29, 0.717) is 32.8 Å². The highest BCUT2D eigenvalue weighted by Gasteiger charge is 2.38. The van der Waals surface area contributed by atoms with Crippen molar-refractivity contribution in [3.05, 3.63) is 0 Å². The quantitative estimate of drug-likeness (QED) is 0.672. The number of amides is 1. The number of nitrogens with zero attached hydrogens (tertiary/aromatic N) is 2. The van der Waals surface area contributed by atoms with Crippen LogP contribution in [-0.4, -0.2) is 66.8 Å². The second kappa shape index (κ2) is 5.56. The minimum atomic E-state index is -0.264. The van der Waals surface area contributed by atoms with E-state index in [2.05, 4.69) is 4.90 Å². The molecule has 2 saturated heterocycles. The van der Waals surface area contributed by atoms with Gasteiger partial charge >= 0.3 is 12.1 Å². The minimum absolute atomic E-state index is 0.00517. The summed E-state index contributed by atoms with van der Waals surface area (Å²) >= 11 is 0. The van der Waals surface area contributed by atoms with Gasteiger partial charge in [0.05, 0.1) is 6.61 Å². The van der Waals surface area contributed by atoms with E-state index < -0.39 is 0 Å². The number of carbonyl (C=O) groups is 2. The second-order valence-corrected chi connectivity index (χ2v) is 4.72. The van der Waals surface area contributed by atoms with Crippen molar-refractivity contribution in [2.24, 2.45) is 0 Å². The fourth-order valence-corrected chi connectivity index (χ4v) is 2.46. The number of carbonyl (C=O) groups excluding carboxylic acids is 2. The summed E-state index contributed by atoms with van der Waals surface area (Å²) in [7, 11) is 0. The summed E-state index contributed by atoms with van der Waals surface area (Å²) < 4.78 is 10.1. The van der Waals surface area contributed by atoms with Gasteiger partial charge in [-0.2, -0.15) is 0 Å². The van der Waals surface area contributed by atoms with Crippen molar-refractivity contribution in [2.45, 2.75) is 32.4 Å². The molecule has 2 rings (SSSR count). The third kappa shape index (κ3) is 2.75. The van der Waals surface area contributed by atoms with Gasteiger partial charge in [-0.05, 0) is 13.8 Å². The first-order chi connectivity index (χ1) is 8.61. The molecular formula is C12H20N2O4. The fourth-order valence-electron chi connectivity index (χ4n) is 2.46. The number of ether oxygens (including phenoxy) is 2. The summed E-state index contributed by atoms with van der Waals surface area (Å²) in [6, 6.07) is -0.135. The smallest absolute Gasteiger partial charge is 0.409 e. The molecule has 0 aromatic heterocycles. The molecule has 0 spiro atoms. The van der Waals surface area contributed by atoms with Crippen LogP contribution in [0.5, 0.6) is 0 Å². The zero-order valence-corrected chi connectivity index (χ0v) is 10.9. The van der Waals surface area contributed by atoms with Crippen molar-refractivity contribution in [3.63, 3.8) is 0 Å².